The molecule has 2 aromatic carbocycles. The van der Waals surface area contributed by atoms with Gasteiger partial charge >= 0.3 is 0 Å². The average Bonchev–Trinajstić information content (AvgIpc) is 2.57. The van der Waals surface area contributed by atoms with Crippen molar-refractivity contribution >= 4 is 7.85 Å². The van der Waals surface area contributed by atoms with Gasteiger partial charge in [0.25, 0.3) is 0 Å². The molecule has 23 heavy (non-hydrogen) atoms. The third-order valence-electron chi connectivity index (χ3n) is 4.69. The number of hydrogen-bond donors (Lipinski definition) is 0. The smallest absolute Gasteiger partial charge is 0.141 e. The Morgan fingerprint density at radius 1 is 0.957 bits per heavy atom. The molecule has 0 saturated heterocycles. The van der Waals surface area contributed by atoms with Crippen LogP contribution in [0.15, 0.2) is 42.5 Å². The van der Waals surface area contributed by atoms with Gasteiger partial charge in [0.15, 0.2) is 0 Å². The van der Waals surface area contributed by atoms with Gasteiger partial charge in [0.05, 0.1) is 13.4 Å². The van der Waals surface area contributed by atoms with E-state index < -0.39 is 0 Å². The van der Waals surface area contributed by atoms with Crippen molar-refractivity contribution in [3.8, 4) is 11.8 Å². The Labute approximate surface area is 139 Å². The maximum absolute atomic E-state index is 13.9. The second-order valence-electron chi connectivity index (χ2n) is 6.42. The number of rotatable bonds is 1. The first-order valence-corrected chi connectivity index (χ1v) is 8.26. The van der Waals surface area contributed by atoms with E-state index >= 15 is 0 Å². The monoisotopic (exact) mass is 302 g/mol. The average molecular weight is 302 g/mol. The first kappa shape index (κ1) is 15.9. The van der Waals surface area contributed by atoms with E-state index in [4.69, 9.17) is 7.85 Å². The van der Waals surface area contributed by atoms with E-state index in [1.54, 1.807) is 19.1 Å². The van der Waals surface area contributed by atoms with Gasteiger partial charge in [0.2, 0.25) is 0 Å². The summed E-state index contributed by atoms with van der Waals surface area (Å²) in [6.07, 6.45) is 4.55. The fourth-order valence-electron chi connectivity index (χ4n) is 3.17. The van der Waals surface area contributed by atoms with Gasteiger partial charge in [-0.2, -0.15) is 0 Å². The zero-order valence-corrected chi connectivity index (χ0v) is 13.5. The first-order valence-electron chi connectivity index (χ1n) is 8.26. The van der Waals surface area contributed by atoms with Crippen LogP contribution in [-0.4, -0.2) is 7.85 Å². The molecule has 1 aliphatic carbocycles. The van der Waals surface area contributed by atoms with E-state index in [9.17, 15) is 4.39 Å². The molecule has 1 aliphatic rings. The molecular formula is C21H20BF. The van der Waals surface area contributed by atoms with Gasteiger partial charge in [0, 0.05) is 5.56 Å². The van der Waals surface area contributed by atoms with Crippen LogP contribution in [0.2, 0.25) is 5.82 Å². The van der Waals surface area contributed by atoms with E-state index in [0.717, 1.165) is 18.4 Å². The zero-order chi connectivity index (χ0) is 16.2. The third-order valence-corrected chi connectivity index (χ3v) is 4.69. The molecule has 0 amide bonds. The van der Waals surface area contributed by atoms with Crippen LogP contribution in [0.5, 0.6) is 0 Å². The highest BCUT2D eigenvalue weighted by molar-refractivity contribution is 6.11. The molecule has 2 aromatic rings. The molecule has 0 aromatic heterocycles. The molecule has 0 N–H and O–H groups in total. The van der Waals surface area contributed by atoms with Gasteiger partial charge in [-0.15, -0.1) is 0 Å². The molecule has 3 rings (SSSR count). The second kappa shape index (κ2) is 7.05. The number of halogens is 1. The van der Waals surface area contributed by atoms with Crippen molar-refractivity contribution in [1.82, 2.24) is 0 Å². The van der Waals surface area contributed by atoms with Crippen LogP contribution in [-0.2, 0) is 0 Å². The van der Waals surface area contributed by atoms with Crippen molar-refractivity contribution in [2.75, 3.05) is 0 Å². The van der Waals surface area contributed by atoms with Gasteiger partial charge in [-0.1, -0.05) is 54.8 Å². The maximum atomic E-state index is 13.9. The minimum absolute atomic E-state index is 0.227. The van der Waals surface area contributed by atoms with Crippen molar-refractivity contribution in [3.63, 3.8) is 0 Å². The Morgan fingerprint density at radius 2 is 1.65 bits per heavy atom. The fraction of sp³-hybridized carbons (Fsp3) is 0.333. The molecule has 1 fully saturated rings. The Kier molecular flexibility index (Phi) is 4.86. The molecule has 2 heteroatoms. The van der Waals surface area contributed by atoms with Crippen molar-refractivity contribution in [3.05, 3.63) is 70.5 Å². The van der Waals surface area contributed by atoms with E-state index in [1.165, 1.54) is 18.4 Å². The molecule has 0 aliphatic heterocycles. The lowest BCUT2D eigenvalue weighted by molar-refractivity contribution is 0.444. The van der Waals surface area contributed by atoms with E-state index in [1.807, 2.05) is 18.2 Å². The van der Waals surface area contributed by atoms with Gasteiger partial charge in [0.1, 0.15) is 5.82 Å². The highest BCUT2D eigenvalue weighted by Gasteiger charge is 2.19. The zero-order valence-electron chi connectivity index (χ0n) is 13.5. The SMILES string of the molecule is [B]C1CCC(c2ccc(C#Cc3cccc(C)c3F)cc2)CC1. The van der Waals surface area contributed by atoms with Crippen LogP contribution in [0.1, 0.15) is 53.9 Å². The summed E-state index contributed by atoms with van der Waals surface area (Å²) in [6.45, 7) is 1.76. The van der Waals surface area contributed by atoms with Crippen molar-refractivity contribution in [2.24, 2.45) is 0 Å². The lowest BCUT2D eigenvalue weighted by Gasteiger charge is -2.26. The highest BCUT2D eigenvalue weighted by atomic mass is 19.1. The summed E-state index contributed by atoms with van der Waals surface area (Å²) in [5, 5.41) is 0. The summed E-state index contributed by atoms with van der Waals surface area (Å²) in [5.74, 6) is 6.76. The lowest BCUT2D eigenvalue weighted by Crippen LogP contribution is -2.09. The minimum atomic E-state index is -0.227. The summed E-state index contributed by atoms with van der Waals surface area (Å²) in [7, 11) is 5.97. The summed E-state index contributed by atoms with van der Waals surface area (Å²) in [4.78, 5) is 0. The second-order valence-corrected chi connectivity index (χ2v) is 6.42. The normalized spacial score (nSPS) is 20.6. The van der Waals surface area contributed by atoms with Crippen molar-refractivity contribution in [1.29, 1.82) is 0 Å². The molecule has 1 saturated carbocycles. The largest absolute Gasteiger partial charge is 0.205 e. The van der Waals surface area contributed by atoms with Gasteiger partial charge in [-0.25, -0.2) is 4.39 Å². The molecule has 0 atom stereocenters. The summed E-state index contributed by atoms with van der Waals surface area (Å²) in [5.41, 5.74) is 3.37. The first-order chi connectivity index (χ1) is 11.1. The Bertz CT molecular complexity index is 729. The number of hydrogen-bond acceptors (Lipinski definition) is 0. The van der Waals surface area contributed by atoms with Crippen molar-refractivity contribution < 1.29 is 4.39 Å². The Balaban J connectivity index is 1.73. The molecule has 0 spiro atoms. The quantitative estimate of drug-likeness (QED) is 0.505. The highest BCUT2D eigenvalue weighted by Crippen LogP contribution is 2.36. The molecule has 0 unspecified atom stereocenters. The minimum Gasteiger partial charge on any atom is -0.205 e. The van der Waals surface area contributed by atoms with Crippen LogP contribution < -0.4 is 0 Å². The van der Waals surface area contributed by atoms with Crippen LogP contribution in [0.3, 0.4) is 0 Å². The topological polar surface area (TPSA) is 0 Å². The van der Waals surface area contributed by atoms with Crippen molar-refractivity contribution in [2.45, 2.75) is 44.3 Å². The summed E-state index contributed by atoms with van der Waals surface area (Å²) in [6, 6.07) is 13.7. The van der Waals surface area contributed by atoms with Crippen LogP contribution >= 0.6 is 0 Å². The standard InChI is InChI=1S/C21H20BF/c1-15-3-2-4-19(21(15)23)10-7-16-5-8-17(9-6-16)18-11-13-20(22)14-12-18/h2-6,8-9,18,20H,11-14H2,1H3. The van der Waals surface area contributed by atoms with Gasteiger partial charge < -0.3 is 0 Å². The molecule has 114 valence electrons. The van der Waals surface area contributed by atoms with E-state index in [-0.39, 0.29) is 5.82 Å². The lowest BCUT2D eigenvalue weighted by atomic mass is 9.70. The third kappa shape index (κ3) is 3.85. The predicted octanol–water partition coefficient (Wildman–Crippen LogP) is 5.15. The van der Waals surface area contributed by atoms with Gasteiger partial charge in [-0.05, 0) is 55.0 Å². The van der Waals surface area contributed by atoms with Crippen LogP contribution in [0.4, 0.5) is 4.39 Å². The van der Waals surface area contributed by atoms with Crippen LogP contribution in [0.25, 0.3) is 0 Å². The fourth-order valence-corrected chi connectivity index (χ4v) is 3.17. The molecule has 0 nitrogen and oxygen atoms in total. The molecule has 2 radical (unpaired) electrons. The van der Waals surface area contributed by atoms with Gasteiger partial charge in [-0.3, -0.25) is 0 Å². The molecule has 0 heterocycles. The predicted molar refractivity (Wildman–Crippen MR) is 94.3 cm³/mol. The molecular weight excluding hydrogens is 282 g/mol. The Morgan fingerprint density at radius 3 is 2.35 bits per heavy atom. The number of benzene rings is 2. The van der Waals surface area contributed by atoms with E-state index in [0.29, 0.717) is 22.9 Å². The maximum Gasteiger partial charge on any atom is 0.141 e. The number of aryl methyl sites for hydroxylation is 1. The van der Waals surface area contributed by atoms with Crippen LogP contribution in [0, 0.1) is 24.6 Å². The van der Waals surface area contributed by atoms with E-state index in [2.05, 4.69) is 24.0 Å². The molecule has 0 bridgehead atoms. The summed E-state index contributed by atoms with van der Waals surface area (Å²) >= 11 is 0. The summed E-state index contributed by atoms with van der Waals surface area (Å²) < 4.78 is 13.9. The Hall–Kier alpha value is -2.01.